The molecule has 1 unspecified atom stereocenters. The van der Waals surface area contributed by atoms with Gasteiger partial charge in [0.25, 0.3) is 0 Å². The van der Waals surface area contributed by atoms with Crippen LogP contribution in [0, 0.1) is 6.92 Å². The van der Waals surface area contributed by atoms with Crippen molar-refractivity contribution in [1.82, 2.24) is 10.3 Å². The molecule has 1 amide bonds. The van der Waals surface area contributed by atoms with Gasteiger partial charge in [-0.1, -0.05) is 17.7 Å². The fourth-order valence-corrected chi connectivity index (χ4v) is 4.26. The molecule has 0 radical (unpaired) electrons. The zero-order valence-electron chi connectivity index (χ0n) is 18.1. The summed E-state index contributed by atoms with van der Waals surface area (Å²) in [4.78, 5) is 16.6. The van der Waals surface area contributed by atoms with Gasteiger partial charge in [0, 0.05) is 27.9 Å². The SMILES string of the molecule is COc1ccc(CCNC(=O)CS(=O)Cc2nc(-c3ccc(Cl)cc3)oc2C)cc1OC. The van der Waals surface area contributed by atoms with E-state index in [9.17, 15) is 9.00 Å². The maximum absolute atomic E-state index is 12.5. The molecule has 170 valence electrons. The molecule has 7 nitrogen and oxygen atoms in total. The molecule has 0 saturated carbocycles. The van der Waals surface area contributed by atoms with E-state index in [0.29, 0.717) is 46.8 Å². The fourth-order valence-electron chi connectivity index (χ4n) is 3.06. The second-order valence-electron chi connectivity index (χ2n) is 7.05. The number of hydrogen-bond acceptors (Lipinski definition) is 6. The summed E-state index contributed by atoms with van der Waals surface area (Å²) >= 11 is 5.91. The number of hydrogen-bond donors (Lipinski definition) is 1. The Morgan fingerprint density at radius 3 is 2.53 bits per heavy atom. The van der Waals surface area contributed by atoms with Crippen LogP contribution in [0.15, 0.2) is 46.9 Å². The molecule has 1 aromatic heterocycles. The van der Waals surface area contributed by atoms with Crippen molar-refractivity contribution < 1.29 is 22.9 Å². The van der Waals surface area contributed by atoms with Crippen LogP contribution in [-0.4, -0.2) is 41.6 Å². The highest BCUT2D eigenvalue weighted by molar-refractivity contribution is 7.84. The average molecular weight is 477 g/mol. The number of nitrogens with zero attached hydrogens (tertiary/aromatic N) is 1. The molecule has 0 aliphatic carbocycles. The van der Waals surface area contributed by atoms with Crippen LogP contribution in [0.1, 0.15) is 17.0 Å². The van der Waals surface area contributed by atoms with Crippen LogP contribution in [-0.2, 0) is 27.8 Å². The highest BCUT2D eigenvalue weighted by atomic mass is 35.5. The Morgan fingerprint density at radius 1 is 1.12 bits per heavy atom. The molecule has 1 N–H and O–H groups in total. The van der Waals surface area contributed by atoms with Crippen LogP contribution in [0.4, 0.5) is 0 Å². The van der Waals surface area contributed by atoms with Crippen LogP contribution in [0.5, 0.6) is 11.5 Å². The summed E-state index contributed by atoms with van der Waals surface area (Å²) in [5.74, 6) is 2.07. The molecule has 2 aromatic carbocycles. The molecular weight excluding hydrogens is 452 g/mol. The third-order valence-corrected chi connectivity index (χ3v) is 6.19. The summed E-state index contributed by atoms with van der Waals surface area (Å²) in [7, 11) is 1.75. The number of rotatable bonds is 10. The van der Waals surface area contributed by atoms with Gasteiger partial charge in [-0.3, -0.25) is 9.00 Å². The largest absolute Gasteiger partial charge is 0.493 e. The number of halogens is 1. The van der Waals surface area contributed by atoms with E-state index in [2.05, 4.69) is 10.3 Å². The summed E-state index contributed by atoms with van der Waals surface area (Å²) in [5, 5.41) is 3.43. The molecule has 0 bridgehead atoms. The van der Waals surface area contributed by atoms with Crippen molar-refractivity contribution in [1.29, 1.82) is 0 Å². The van der Waals surface area contributed by atoms with Crippen molar-refractivity contribution in [3.05, 3.63) is 64.5 Å². The van der Waals surface area contributed by atoms with Gasteiger partial charge in [-0.15, -0.1) is 0 Å². The van der Waals surface area contributed by atoms with E-state index in [-0.39, 0.29) is 17.4 Å². The van der Waals surface area contributed by atoms with Gasteiger partial charge in [-0.25, -0.2) is 4.98 Å². The van der Waals surface area contributed by atoms with Crippen LogP contribution >= 0.6 is 11.6 Å². The van der Waals surface area contributed by atoms with Crippen molar-refractivity contribution >= 4 is 28.3 Å². The van der Waals surface area contributed by atoms with Crippen molar-refractivity contribution in [2.45, 2.75) is 19.1 Å². The quantitative estimate of drug-likeness (QED) is 0.476. The minimum atomic E-state index is -1.41. The monoisotopic (exact) mass is 476 g/mol. The van der Waals surface area contributed by atoms with E-state index in [1.54, 1.807) is 45.4 Å². The lowest BCUT2D eigenvalue weighted by molar-refractivity contribution is -0.118. The smallest absolute Gasteiger partial charge is 0.232 e. The van der Waals surface area contributed by atoms with Crippen LogP contribution in [0.2, 0.25) is 5.02 Å². The highest BCUT2D eigenvalue weighted by Crippen LogP contribution is 2.27. The number of ether oxygens (including phenoxy) is 2. The zero-order chi connectivity index (χ0) is 23.1. The molecule has 3 aromatic rings. The topological polar surface area (TPSA) is 90.7 Å². The van der Waals surface area contributed by atoms with Gasteiger partial charge in [0.1, 0.15) is 11.5 Å². The van der Waals surface area contributed by atoms with Crippen molar-refractivity contribution in [2.24, 2.45) is 0 Å². The number of nitrogens with one attached hydrogen (secondary N) is 1. The first-order chi connectivity index (χ1) is 15.4. The molecule has 32 heavy (non-hydrogen) atoms. The lowest BCUT2D eigenvalue weighted by atomic mass is 10.1. The van der Waals surface area contributed by atoms with Crippen LogP contribution in [0.3, 0.4) is 0 Å². The second-order valence-corrected chi connectivity index (χ2v) is 8.94. The lowest BCUT2D eigenvalue weighted by Gasteiger charge is -2.10. The Kier molecular flexibility index (Phi) is 8.30. The first-order valence-corrected chi connectivity index (χ1v) is 11.8. The Hall–Kier alpha value is -2.84. The fraction of sp³-hybridized carbons (Fsp3) is 0.304. The third kappa shape index (κ3) is 6.34. The zero-order valence-corrected chi connectivity index (χ0v) is 19.7. The number of methoxy groups -OCH3 is 2. The summed E-state index contributed by atoms with van der Waals surface area (Å²) in [6, 6.07) is 12.7. The molecule has 1 heterocycles. The van der Waals surface area contributed by atoms with Gasteiger partial charge in [0.05, 0.1) is 25.7 Å². The third-order valence-electron chi connectivity index (χ3n) is 4.76. The Bertz CT molecular complexity index is 1100. The first-order valence-electron chi connectivity index (χ1n) is 9.94. The molecule has 0 saturated heterocycles. The van der Waals surface area contributed by atoms with E-state index in [4.69, 9.17) is 25.5 Å². The average Bonchev–Trinajstić information content (AvgIpc) is 3.13. The molecular formula is C23H25ClN2O5S. The van der Waals surface area contributed by atoms with Crippen LogP contribution in [0.25, 0.3) is 11.5 Å². The predicted molar refractivity (Wildman–Crippen MR) is 125 cm³/mol. The highest BCUT2D eigenvalue weighted by Gasteiger charge is 2.16. The standard InChI is InChI=1S/C23H25ClN2O5S/c1-15-19(26-23(31-15)17-5-7-18(24)8-6-17)13-32(28)14-22(27)25-11-10-16-4-9-20(29-2)21(12-16)30-3/h4-9,12H,10-11,13-14H2,1-3H3,(H,25,27). The number of amides is 1. The van der Waals surface area contributed by atoms with Gasteiger partial charge in [0.15, 0.2) is 11.5 Å². The first kappa shape index (κ1) is 23.8. The minimum absolute atomic E-state index is 0.103. The molecule has 0 aliphatic rings. The minimum Gasteiger partial charge on any atom is -0.493 e. The summed E-state index contributed by atoms with van der Waals surface area (Å²) < 4.78 is 28.7. The lowest BCUT2D eigenvalue weighted by Crippen LogP contribution is -2.30. The van der Waals surface area contributed by atoms with E-state index in [1.807, 2.05) is 18.2 Å². The maximum Gasteiger partial charge on any atom is 0.232 e. The summed E-state index contributed by atoms with van der Waals surface area (Å²) in [5.41, 5.74) is 2.35. The number of benzene rings is 2. The molecule has 0 fully saturated rings. The van der Waals surface area contributed by atoms with Gasteiger partial charge in [-0.2, -0.15) is 0 Å². The molecule has 1 atom stereocenters. The van der Waals surface area contributed by atoms with Crippen molar-refractivity contribution in [3.63, 3.8) is 0 Å². The van der Waals surface area contributed by atoms with Gasteiger partial charge >= 0.3 is 0 Å². The van der Waals surface area contributed by atoms with Gasteiger partial charge < -0.3 is 19.2 Å². The van der Waals surface area contributed by atoms with Gasteiger partial charge in [0.2, 0.25) is 11.8 Å². The van der Waals surface area contributed by atoms with Crippen LogP contribution < -0.4 is 14.8 Å². The number of oxazole rings is 1. The maximum atomic E-state index is 12.5. The Labute approximate surface area is 194 Å². The predicted octanol–water partition coefficient (Wildman–Crippen LogP) is 3.93. The molecule has 0 spiro atoms. The molecule has 3 rings (SSSR count). The number of aryl methyl sites for hydroxylation is 1. The van der Waals surface area contributed by atoms with E-state index >= 15 is 0 Å². The molecule has 0 aliphatic heterocycles. The number of carbonyl (C=O) groups is 1. The summed E-state index contributed by atoms with van der Waals surface area (Å²) in [6.45, 7) is 2.19. The van der Waals surface area contributed by atoms with E-state index in [1.165, 1.54) is 0 Å². The van der Waals surface area contributed by atoms with E-state index < -0.39 is 10.8 Å². The molecule has 9 heteroatoms. The second kappa shape index (κ2) is 11.2. The number of aromatic nitrogens is 1. The Balaban J connectivity index is 1.49. The van der Waals surface area contributed by atoms with Crippen molar-refractivity contribution in [2.75, 3.05) is 26.5 Å². The van der Waals surface area contributed by atoms with E-state index in [0.717, 1.165) is 11.1 Å². The number of carbonyl (C=O) groups excluding carboxylic acids is 1. The van der Waals surface area contributed by atoms with Crippen molar-refractivity contribution in [3.8, 4) is 23.0 Å². The van der Waals surface area contributed by atoms with Gasteiger partial charge in [-0.05, 0) is 55.3 Å². The Morgan fingerprint density at radius 2 is 1.84 bits per heavy atom. The normalized spacial score (nSPS) is 11.8. The summed E-state index contributed by atoms with van der Waals surface area (Å²) in [6.07, 6.45) is 0.617.